The zero-order valence-electron chi connectivity index (χ0n) is 10.5. The van der Waals surface area contributed by atoms with Crippen LogP contribution in [0.15, 0.2) is 28.0 Å². The summed E-state index contributed by atoms with van der Waals surface area (Å²) in [6.45, 7) is 0. The third-order valence-corrected chi connectivity index (χ3v) is 5.45. The van der Waals surface area contributed by atoms with Crippen LogP contribution in [0.1, 0.15) is 42.5 Å². The van der Waals surface area contributed by atoms with Gasteiger partial charge in [-0.2, -0.15) is 0 Å². The van der Waals surface area contributed by atoms with Gasteiger partial charge >= 0.3 is 5.97 Å². The highest BCUT2D eigenvalue weighted by Crippen LogP contribution is 2.37. The minimum absolute atomic E-state index is 0.487. The Labute approximate surface area is 117 Å². The molecule has 4 heteroatoms. The molecule has 2 rings (SSSR count). The van der Waals surface area contributed by atoms with Crippen LogP contribution in [0.5, 0.6) is 0 Å². The van der Waals surface area contributed by atoms with Crippen molar-refractivity contribution in [3.05, 3.63) is 23.8 Å². The second-order valence-corrected chi connectivity index (χ2v) is 6.71. The van der Waals surface area contributed by atoms with Crippen LogP contribution in [0, 0.1) is 0 Å². The first-order valence-corrected chi connectivity index (χ1v) is 8.39. The number of hydrogen-bond acceptors (Lipinski definition) is 3. The molecule has 1 aromatic rings. The molecule has 0 heterocycles. The topological polar surface area (TPSA) is 37.3 Å². The van der Waals surface area contributed by atoms with Gasteiger partial charge in [-0.25, -0.2) is 4.79 Å². The smallest absolute Gasteiger partial charge is 0.337 e. The van der Waals surface area contributed by atoms with Crippen molar-refractivity contribution in [2.75, 3.05) is 6.26 Å². The summed E-state index contributed by atoms with van der Waals surface area (Å²) in [4.78, 5) is 13.2. The van der Waals surface area contributed by atoms with E-state index in [0.29, 0.717) is 10.8 Å². The van der Waals surface area contributed by atoms with Crippen LogP contribution >= 0.6 is 23.5 Å². The van der Waals surface area contributed by atoms with Crippen LogP contribution in [0.25, 0.3) is 0 Å². The van der Waals surface area contributed by atoms with Crippen molar-refractivity contribution in [3.8, 4) is 0 Å². The van der Waals surface area contributed by atoms with Crippen LogP contribution < -0.4 is 0 Å². The first-order valence-electron chi connectivity index (χ1n) is 6.29. The summed E-state index contributed by atoms with van der Waals surface area (Å²) in [5, 5.41) is 9.97. The van der Waals surface area contributed by atoms with Gasteiger partial charge in [0.05, 0.1) is 5.56 Å². The molecule has 1 aliphatic carbocycles. The zero-order valence-corrected chi connectivity index (χ0v) is 12.1. The fraction of sp³-hybridized carbons (Fsp3) is 0.500. The Kier molecular flexibility index (Phi) is 5.01. The van der Waals surface area contributed by atoms with E-state index in [-0.39, 0.29) is 0 Å². The number of aromatic carboxylic acids is 1. The van der Waals surface area contributed by atoms with Gasteiger partial charge in [0, 0.05) is 15.0 Å². The number of benzene rings is 1. The molecular weight excluding hydrogens is 264 g/mol. The number of rotatable bonds is 4. The lowest BCUT2D eigenvalue weighted by Gasteiger charge is -2.22. The molecule has 0 amide bonds. The van der Waals surface area contributed by atoms with Crippen molar-refractivity contribution in [3.63, 3.8) is 0 Å². The molecule has 1 N–H and O–H groups in total. The molecule has 1 saturated carbocycles. The molecule has 0 unspecified atom stereocenters. The first-order chi connectivity index (χ1) is 8.72. The van der Waals surface area contributed by atoms with Crippen LogP contribution in [0.4, 0.5) is 0 Å². The summed E-state index contributed by atoms with van der Waals surface area (Å²) in [5.41, 5.74) is 0.487. The number of thioether (sulfide) groups is 2. The van der Waals surface area contributed by atoms with E-state index < -0.39 is 5.97 Å². The quantitative estimate of drug-likeness (QED) is 0.823. The maximum absolute atomic E-state index is 11.4. The molecule has 0 saturated heterocycles. The van der Waals surface area contributed by atoms with Gasteiger partial charge in [-0.3, -0.25) is 0 Å². The standard InChI is InChI=1S/C14H18O2S2/c1-17-11-8-5-9-12(13(11)14(15)16)18-10-6-3-2-4-7-10/h5,8-10H,2-4,6-7H2,1H3,(H,15,16). The van der Waals surface area contributed by atoms with E-state index in [0.717, 1.165) is 9.79 Å². The average molecular weight is 282 g/mol. The lowest BCUT2D eigenvalue weighted by atomic mass is 10.0. The third kappa shape index (κ3) is 3.23. The molecule has 1 fully saturated rings. The molecule has 0 aliphatic heterocycles. The van der Waals surface area contributed by atoms with Crippen LogP contribution in [0.3, 0.4) is 0 Å². The normalized spacial score (nSPS) is 16.7. The Bertz CT molecular complexity index is 426. The summed E-state index contributed by atoms with van der Waals surface area (Å²) >= 11 is 3.26. The van der Waals surface area contributed by atoms with Gasteiger partial charge in [0.25, 0.3) is 0 Å². The lowest BCUT2D eigenvalue weighted by Crippen LogP contribution is -2.09. The highest BCUT2D eigenvalue weighted by atomic mass is 32.2. The number of carbonyl (C=O) groups is 1. The van der Waals surface area contributed by atoms with Gasteiger partial charge in [-0.05, 0) is 31.2 Å². The summed E-state index contributed by atoms with van der Waals surface area (Å²) in [5.74, 6) is -0.807. The van der Waals surface area contributed by atoms with Crippen molar-refractivity contribution in [1.29, 1.82) is 0 Å². The molecule has 18 heavy (non-hydrogen) atoms. The fourth-order valence-corrected chi connectivity index (χ4v) is 4.43. The minimum atomic E-state index is -0.807. The Morgan fingerprint density at radius 3 is 2.50 bits per heavy atom. The second-order valence-electron chi connectivity index (χ2n) is 4.52. The summed E-state index contributed by atoms with van der Waals surface area (Å²) in [6, 6.07) is 5.80. The molecule has 0 atom stereocenters. The maximum Gasteiger partial charge on any atom is 0.337 e. The highest BCUT2D eigenvalue weighted by Gasteiger charge is 2.20. The largest absolute Gasteiger partial charge is 0.478 e. The molecule has 0 aromatic heterocycles. The number of hydrogen-bond donors (Lipinski definition) is 1. The Morgan fingerprint density at radius 1 is 1.22 bits per heavy atom. The predicted molar refractivity (Wildman–Crippen MR) is 77.9 cm³/mol. The molecule has 0 spiro atoms. The van der Waals surface area contributed by atoms with Gasteiger partial charge in [0.1, 0.15) is 0 Å². The fourth-order valence-electron chi connectivity index (χ4n) is 2.35. The van der Waals surface area contributed by atoms with E-state index in [9.17, 15) is 9.90 Å². The number of carboxylic acid groups (broad SMARTS) is 1. The van der Waals surface area contributed by atoms with Crippen LogP contribution in [-0.2, 0) is 0 Å². The molecule has 1 aromatic carbocycles. The third-order valence-electron chi connectivity index (χ3n) is 3.27. The Morgan fingerprint density at radius 2 is 1.89 bits per heavy atom. The second kappa shape index (κ2) is 6.53. The van der Waals surface area contributed by atoms with Gasteiger partial charge in [0.2, 0.25) is 0 Å². The van der Waals surface area contributed by atoms with Crippen molar-refractivity contribution in [2.45, 2.75) is 47.1 Å². The average Bonchev–Trinajstić information content (AvgIpc) is 2.39. The van der Waals surface area contributed by atoms with Crippen molar-refractivity contribution in [1.82, 2.24) is 0 Å². The van der Waals surface area contributed by atoms with Gasteiger partial charge in [0.15, 0.2) is 0 Å². The van der Waals surface area contributed by atoms with Gasteiger partial charge in [-0.15, -0.1) is 23.5 Å². The summed E-state index contributed by atoms with van der Waals surface area (Å²) < 4.78 is 0. The van der Waals surface area contributed by atoms with Gasteiger partial charge in [-0.1, -0.05) is 25.3 Å². The van der Waals surface area contributed by atoms with E-state index in [1.165, 1.54) is 43.9 Å². The van der Waals surface area contributed by atoms with Crippen molar-refractivity contribution in [2.24, 2.45) is 0 Å². The monoisotopic (exact) mass is 282 g/mol. The van der Waals surface area contributed by atoms with E-state index in [1.807, 2.05) is 24.5 Å². The van der Waals surface area contributed by atoms with Crippen molar-refractivity contribution >= 4 is 29.5 Å². The molecular formula is C14H18O2S2. The number of carboxylic acids is 1. The molecule has 2 nitrogen and oxygen atoms in total. The minimum Gasteiger partial charge on any atom is -0.478 e. The Hall–Kier alpha value is -0.610. The molecule has 1 aliphatic rings. The van der Waals surface area contributed by atoms with Gasteiger partial charge < -0.3 is 5.11 Å². The predicted octanol–water partition coefficient (Wildman–Crippen LogP) is 4.53. The van der Waals surface area contributed by atoms with E-state index in [4.69, 9.17) is 0 Å². The summed E-state index contributed by atoms with van der Waals surface area (Å²) in [6.07, 6.45) is 8.25. The van der Waals surface area contributed by atoms with Crippen LogP contribution in [0.2, 0.25) is 0 Å². The molecule has 98 valence electrons. The molecule has 0 bridgehead atoms. The first kappa shape index (κ1) is 13.8. The Balaban J connectivity index is 2.23. The van der Waals surface area contributed by atoms with E-state index >= 15 is 0 Å². The SMILES string of the molecule is CSc1cccc(SC2CCCCC2)c1C(=O)O. The summed E-state index contributed by atoms with van der Waals surface area (Å²) in [7, 11) is 0. The lowest BCUT2D eigenvalue weighted by molar-refractivity contribution is 0.0689. The van der Waals surface area contributed by atoms with Crippen molar-refractivity contribution < 1.29 is 9.90 Å². The zero-order chi connectivity index (χ0) is 13.0. The van der Waals surface area contributed by atoms with E-state index in [1.54, 1.807) is 11.8 Å². The van der Waals surface area contributed by atoms with Crippen LogP contribution in [-0.4, -0.2) is 22.6 Å². The molecule has 0 radical (unpaired) electrons. The van der Waals surface area contributed by atoms with E-state index in [2.05, 4.69) is 0 Å². The maximum atomic E-state index is 11.4. The highest BCUT2D eigenvalue weighted by molar-refractivity contribution is 8.00.